The SMILES string of the molecule is O=C(CSc1nnc(-c2cccc(Cl)c2)o1)Nc1cc(Cl)ccc1F. The molecule has 0 atom stereocenters. The monoisotopic (exact) mass is 397 g/mol. The van der Waals surface area contributed by atoms with Gasteiger partial charge in [-0.25, -0.2) is 4.39 Å². The van der Waals surface area contributed by atoms with E-state index in [1.165, 1.54) is 18.2 Å². The first-order chi connectivity index (χ1) is 12.0. The van der Waals surface area contributed by atoms with Crippen LogP contribution in [0.4, 0.5) is 10.1 Å². The quantitative estimate of drug-likeness (QED) is 0.619. The van der Waals surface area contributed by atoms with E-state index in [1.54, 1.807) is 24.3 Å². The molecule has 0 aliphatic carbocycles. The molecule has 0 aliphatic rings. The van der Waals surface area contributed by atoms with Crippen molar-refractivity contribution in [1.82, 2.24) is 10.2 Å². The van der Waals surface area contributed by atoms with Crippen molar-refractivity contribution in [3.05, 3.63) is 58.3 Å². The molecule has 3 aromatic rings. The van der Waals surface area contributed by atoms with Gasteiger partial charge in [0.05, 0.1) is 11.4 Å². The molecule has 1 heterocycles. The van der Waals surface area contributed by atoms with E-state index in [1.807, 2.05) is 0 Å². The summed E-state index contributed by atoms with van der Waals surface area (Å²) < 4.78 is 19.1. The summed E-state index contributed by atoms with van der Waals surface area (Å²) >= 11 is 12.7. The van der Waals surface area contributed by atoms with Crippen LogP contribution in [0.15, 0.2) is 52.1 Å². The van der Waals surface area contributed by atoms with Gasteiger partial charge in [-0.2, -0.15) is 0 Å². The number of hydrogen-bond acceptors (Lipinski definition) is 5. The normalized spacial score (nSPS) is 10.7. The molecule has 0 fully saturated rings. The van der Waals surface area contributed by atoms with Crippen LogP contribution >= 0.6 is 35.0 Å². The minimum atomic E-state index is -0.566. The highest BCUT2D eigenvalue weighted by atomic mass is 35.5. The molecule has 2 aromatic carbocycles. The van der Waals surface area contributed by atoms with Gasteiger partial charge in [-0.1, -0.05) is 41.0 Å². The summed E-state index contributed by atoms with van der Waals surface area (Å²) in [6, 6.07) is 10.9. The minimum absolute atomic E-state index is 0.0169. The second-order valence-electron chi connectivity index (χ2n) is 4.84. The molecule has 0 bridgehead atoms. The number of anilines is 1. The van der Waals surface area contributed by atoms with Crippen molar-refractivity contribution in [2.45, 2.75) is 5.22 Å². The van der Waals surface area contributed by atoms with E-state index in [9.17, 15) is 9.18 Å². The highest BCUT2D eigenvalue weighted by Gasteiger charge is 2.13. The van der Waals surface area contributed by atoms with Crippen LogP contribution < -0.4 is 5.32 Å². The third-order valence-electron chi connectivity index (χ3n) is 3.01. The third-order valence-corrected chi connectivity index (χ3v) is 4.30. The zero-order chi connectivity index (χ0) is 17.8. The predicted octanol–water partition coefficient (Wildman–Crippen LogP) is 4.91. The van der Waals surface area contributed by atoms with Crippen molar-refractivity contribution < 1.29 is 13.6 Å². The summed E-state index contributed by atoms with van der Waals surface area (Å²) in [5.74, 6) is -0.716. The molecule has 0 saturated carbocycles. The lowest BCUT2D eigenvalue weighted by Gasteiger charge is -2.05. The molecule has 0 radical (unpaired) electrons. The lowest BCUT2D eigenvalue weighted by atomic mass is 10.2. The lowest BCUT2D eigenvalue weighted by Crippen LogP contribution is -2.15. The van der Waals surface area contributed by atoms with Crippen molar-refractivity contribution in [2.75, 3.05) is 11.1 Å². The Bertz CT molecular complexity index is 920. The van der Waals surface area contributed by atoms with E-state index in [-0.39, 0.29) is 16.7 Å². The van der Waals surface area contributed by atoms with E-state index in [0.29, 0.717) is 21.5 Å². The zero-order valence-electron chi connectivity index (χ0n) is 12.5. The number of halogens is 3. The summed E-state index contributed by atoms with van der Waals surface area (Å²) in [5, 5.41) is 11.3. The summed E-state index contributed by atoms with van der Waals surface area (Å²) in [7, 11) is 0. The van der Waals surface area contributed by atoms with Crippen LogP contribution in [0.2, 0.25) is 10.0 Å². The fourth-order valence-corrected chi connectivity index (χ4v) is 2.84. The average Bonchev–Trinajstić information content (AvgIpc) is 3.05. The molecule has 9 heteroatoms. The molecular weight excluding hydrogens is 388 g/mol. The van der Waals surface area contributed by atoms with Crippen LogP contribution in [0.25, 0.3) is 11.5 Å². The van der Waals surface area contributed by atoms with Gasteiger partial charge in [-0.05, 0) is 36.4 Å². The second-order valence-corrected chi connectivity index (χ2v) is 6.64. The molecule has 1 N–H and O–H groups in total. The molecular formula is C16H10Cl2FN3O2S. The molecule has 3 rings (SSSR count). The van der Waals surface area contributed by atoms with Gasteiger partial charge in [0.25, 0.3) is 5.22 Å². The van der Waals surface area contributed by atoms with E-state index in [2.05, 4.69) is 15.5 Å². The fraction of sp³-hybridized carbons (Fsp3) is 0.0625. The Hall–Kier alpha value is -2.09. The Morgan fingerprint density at radius 3 is 2.76 bits per heavy atom. The number of nitrogens with zero attached hydrogens (tertiary/aromatic N) is 2. The summed E-state index contributed by atoms with van der Waals surface area (Å²) in [6.45, 7) is 0. The molecule has 128 valence electrons. The van der Waals surface area contributed by atoms with Crippen molar-refractivity contribution in [3.63, 3.8) is 0 Å². The van der Waals surface area contributed by atoms with E-state index in [0.717, 1.165) is 11.8 Å². The summed E-state index contributed by atoms with van der Waals surface area (Å²) in [5.41, 5.74) is 0.695. The number of nitrogens with one attached hydrogen (secondary N) is 1. The molecule has 1 aromatic heterocycles. The van der Waals surface area contributed by atoms with E-state index in [4.69, 9.17) is 27.6 Å². The van der Waals surface area contributed by atoms with Crippen LogP contribution in [0.1, 0.15) is 0 Å². The number of carbonyl (C=O) groups is 1. The van der Waals surface area contributed by atoms with Gasteiger partial charge in [-0.15, -0.1) is 10.2 Å². The first-order valence-corrected chi connectivity index (χ1v) is 8.72. The Labute approximate surface area is 156 Å². The van der Waals surface area contributed by atoms with Gasteiger partial charge in [0.15, 0.2) is 0 Å². The fourth-order valence-electron chi connectivity index (χ4n) is 1.91. The first kappa shape index (κ1) is 17.7. The smallest absolute Gasteiger partial charge is 0.277 e. The molecule has 0 spiro atoms. The molecule has 1 amide bonds. The topological polar surface area (TPSA) is 68.0 Å². The standard InChI is InChI=1S/C16H10Cl2FN3O2S/c17-10-3-1-2-9(6-10)15-21-22-16(24-15)25-8-14(23)20-13-7-11(18)4-5-12(13)19/h1-7H,8H2,(H,20,23). The molecule has 0 unspecified atom stereocenters. The molecule has 0 saturated heterocycles. The van der Waals surface area contributed by atoms with E-state index >= 15 is 0 Å². The first-order valence-electron chi connectivity index (χ1n) is 6.98. The molecule has 25 heavy (non-hydrogen) atoms. The van der Waals surface area contributed by atoms with Crippen LogP contribution in [-0.4, -0.2) is 21.9 Å². The number of rotatable bonds is 5. The lowest BCUT2D eigenvalue weighted by molar-refractivity contribution is -0.113. The van der Waals surface area contributed by atoms with Gasteiger partial charge in [0.2, 0.25) is 11.8 Å². The average molecular weight is 398 g/mol. The number of carbonyl (C=O) groups excluding carboxylic acids is 1. The summed E-state index contributed by atoms with van der Waals surface area (Å²) in [6.07, 6.45) is 0. The van der Waals surface area contributed by atoms with Crippen LogP contribution in [0.5, 0.6) is 0 Å². The second kappa shape index (κ2) is 7.86. The molecule has 0 aliphatic heterocycles. The van der Waals surface area contributed by atoms with Crippen molar-refractivity contribution in [1.29, 1.82) is 0 Å². The van der Waals surface area contributed by atoms with Crippen LogP contribution in [0.3, 0.4) is 0 Å². The Kier molecular flexibility index (Phi) is 5.57. The Morgan fingerprint density at radius 2 is 1.96 bits per heavy atom. The van der Waals surface area contributed by atoms with Gasteiger partial charge in [0, 0.05) is 15.6 Å². The summed E-state index contributed by atoms with van der Waals surface area (Å²) in [4.78, 5) is 11.9. The van der Waals surface area contributed by atoms with Crippen molar-refractivity contribution in [2.24, 2.45) is 0 Å². The third kappa shape index (κ3) is 4.72. The highest BCUT2D eigenvalue weighted by Crippen LogP contribution is 2.25. The van der Waals surface area contributed by atoms with Crippen molar-refractivity contribution in [3.8, 4) is 11.5 Å². The van der Waals surface area contributed by atoms with Crippen LogP contribution in [0, 0.1) is 5.82 Å². The Morgan fingerprint density at radius 1 is 1.16 bits per heavy atom. The largest absolute Gasteiger partial charge is 0.411 e. The van der Waals surface area contributed by atoms with Gasteiger partial charge < -0.3 is 9.73 Å². The number of hydrogen-bond donors (Lipinski definition) is 1. The van der Waals surface area contributed by atoms with E-state index < -0.39 is 11.7 Å². The number of amides is 1. The predicted molar refractivity (Wildman–Crippen MR) is 95.5 cm³/mol. The van der Waals surface area contributed by atoms with Crippen molar-refractivity contribution >= 4 is 46.6 Å². The maximum absolute atomic E-state index is 13.6. The minimum Gasteiger partial charge on any atom is -0.411 e. The van der Waals surface area contributed by atoms with Gasteiger partial charge in [-0.3, -0.25) is 4.79 Å². The maximum atomic E-state index is 13.6. The maximum Gasteiger partial charge on any atom is 0.277 e. The van der Waals surface area contributed by atoms with Gasteiger partial charge >= 0.3 is 0 Å². The van der Waals surface area contributed by atoms with Crippen LogP contribution in [-0.2, 0) is 4.79 Å². The highest BCUT2D eigenvalue weighted by molar-refractivity contribution is 7.99. The number of thioether (sulfide) groups is 1. The number of benzene rings is 2. The Balaban J connectivity index is 1.60. The van der Waals surface area contributed by atoms with Gasteiger partial charge in [0.1, 0.15) is 5.82 Å². The molecule has 5 nitrogen and oxygen atoms in total. The number of aromatic nitrogens is 2. The zero-order valence-corrected chi connectivity index (χ0v) is 14.8.